The number of rotatable bonds is 6. The molecule has 0 atom stereocenters. The Morgan fingerprint density at radius 1 is 0.917 bits per heavy atom. The highest BCUT2D eigenvalue weighted by Gasteiger charge is 2.19. The summed E-state index contributed by atoms with van der Waals surface area (Å²) < 4.78 is 16.2. The first-order valence-electron chi connectivity index (χ1n) is 11.4. The van der Waals surface area contributed by atoms with E-state index in [0.29, 0.717) is 34.7 Å². The van der Waals surface area contributed by atoms with Crippen molar-refractivity contribution in [3.63, 3.8) is 0 Å². The lowest BCUT2D eigenvalue weighted by Gasteiger charge is -2.17. The highest BCUT2D eigenvalue weighted by atomic mass is 35.5. The molecule has 1 aromatic heterocycles. The molecule has 4 N–H and O–H groups in total. The zero-order chi connectivity index (χ0) is 25.2. The van der Waals surface area contributed by atoms with Gasteiger partial charge in [0.05, 0.1) is 6.54 Å². The number of hydrogen-bond donors (Lipinski definition) is 3. The molecule has 36 heavy (non-hydrogen) atoms. The van der Waals surface area contributed by atoms with Crippen LogP contribution in [0.15, 0.2) is 72.8 Å². The number of carbonyl (C=O) groups excluding carboxylic acids is 2. The van der Waals surface area contributed by atoms with E-state index < -0.39 is 0 Å². The summed E-state index contributed by atoms with van der Waals surface area (Å²) in [5.41, 5.74) is 9.04. The lowest BCUT2D eigenvalue weighted by molar-refractivity contribution is -0.117. The summed E-state index contributed by atoms with van der Waals surface area (Å²) in [6, 6.07) is 20.6. The van der Waals surface area contributed by atoms with Gasteiger partial charge in [-0.05, 0) is 60.0 Å². The number of anilines is 3. The van der Waals surface area contributed by atoms with Gasteiger partial charge in [0.25, 0.3) is 5.91 Å². The lowest BCUT2D eigenvalue weighted by atomic mass is 9.92. The summed E-state index contributed by atoms with van der Waals surface area (Å²) in [6.45, 7) is 6.19. The number of nitrogens with one attached hydrogen (secondary N) is 2. The molecular formula is C28H30ClFN4O2. The van der Waals surface area contributed by atoms with Crippen LogP contribution in [0.4, 0.5) is 21.5 Å². The number of halogens is 2. The second-order valence-electron chi connectivity index (χ2n) is 9.84. The fourth-order valence-corrected chi connectivity index (χ4v) is 3.95. The van der Waals surface area contributed by atoms with Gasteiger partial charge in [0, 0.05) is 39.9 Å². The van der Waals surface area contributed by atoms with Crippen molar-refractivity contribution in [1.29, 1.82) is 0 Å². The monoisotopic (exact) mass is 508 g/mol. The molecule has 3 aromatic carbocycles. The molecule has 0 unspecified atom stereocenters. The number of nitrogen functional groups attached to an aromatic ring is 1. The number of aromatic nitrogens is 1. The average Bonchev–Trinajstić information content (AvgIpc) is 3.13. The van der Waals surface area contributed by atoms with Crippen LogP contribution in [0.5, 0.6) is 0 Å². The number of fused-ring (bicyclic) bond motifs is 1. The Morgan fingerprint density at radius 2 is 1.58 bits per heavy atom. The molecule has 0 radical (unpaired) electrons. The minimum absolute atomic E-state index is 0. The van der Waals surface area contributed by atoms with Gasteiger partial charge in [0.2, 0.25) is 5.91 Å². The molecule has 1 heterocycles. The van der Waals surface area contributed by atoms with Gasteiger partial charge in [0.1, 0.15) is 11.5 Å². The van der Waals surface area contributed by atoms with Gasteiger partial charge in [-0.2, -0.15) is 0 Å². The molecule has 8 heteroatoms. The van der Waals surface area contributed by atoms with E-state index in [-0.39, 0.29) is 42.0 Å². The standard InChI is InChI=1S/C28H29FN4O2.ClH/c1-28(2,3)16-26(34)31-22-12-13-24-19(14-22)15-25(27(35)32-21-10-8-20(30)9-11-21)33(24)17-18-6-4-5-7-23(18)29;/h4-15H,16-17,30H2,1-3H3,(H,31,34)(H,32,35);1H. The number of amides is 2. The summed E-state index contributed by atoms with van der Waals surface area (Å²) in [5.74, 6) is -0.755. The summed E-state index contributed by atoms with van der Waals surface area (Å²) in [6.07, 6.45) is 0.384. The van der Waals surface area contributed by atoms with Crippen LogP contribution in [0.1, 0.15) is 43.2 Å². The van der Waals surface area contributed by atoms with Crippen molar-refractivity contribution in [2.45, 2.75) is 33.7 Å². The Hall–Kier alpha value is -3.84. The van der Waals surface area contributed by atoms with E-state index in [0.717, 1.165) is 10.9 Å². The van der Waals surface area contributed by atoms with E-state index in [2.05, 4.69) is 10.6 Å². The van der Waals surface area contributed by atoms with Crippen LogP contribution in [0, 0.1) is 11.2 Å². The predicted molar refractivity (Wildman–Crippen MR) is 146 cm³/mol. The second kappa shape index (κ2) is 10.8. The maximum Gasteiger partial charge on any atom is 0.272 e. The SMILES string of the molecule is CC(C)(C)CC(=O)Nc1ccc2c(c1)cc(C(=O)Nc1ccc(N)cc1)n2Cc1ccccc1F.Cl. The topological polar surface area (TPSA) is 89.2 Å². The molecule has 6 nitrogen and oxygen atoms in total. The van der Waals surface area contributed by atoms with Gasteiger partial charge in [-0.1, -0.05) is 39.0 Å². The Balaban J connectivity index is 0.00000361. The van der Waals surface area contributed by atoms with Crippen LogP contribution < -0.4 is 16.4 Å². The molecule has 0 aliphatic rings. The molecule has 4 rings (SSSR count). The molecule has 2 amide bonds. The quantitative estimate of drug-likeness (QED) is 0.261. The molecule has 0 aliphatic heterocycles. The maximum atomic E-state index is 14.5. The largest absolute Gasteiger partial charge is 0.399 e. The number of benzene rings is 3. The molecule has 0 saturated carbocycles. The first-order chi connectivity index (χ1) is 16.6. The van der Waals surface area contributed by atoms with E-state index >= 15 is 0 Å². The number of hydrogen-bond acceptors (Lipinski definition) is 3. The molecule has 0 saturated heterocycles. The first-order valence-corrected chi connectivity index (χ1v) is 11.4. The fourth-order valence-electron chi connectivity index (χ4n) is 3.95. The van der Waals surface area contributed by atoms with Crippen molar-refractivity contribution in [2.75, 3.05) is 16.4 Å². The lowest BCUT2D eigenvalue weighted by Crippen LogP contribution is -2.19. The van der Waals surface area contributed by atoms with E-state index in [1.807, 2.05) is 32.9 Å². The number of nitrogens with two attached hydrogens (primary N) is 1. The van der Waals surface area contributed by atoms with Crippen molar-refractivity contribution in [3.05, 3.63) is 89.9 Å². The highest BCUT2D eigenvalue weighted by molar-refractivity contribution is 6.07. The van der Waals surface area contributed by atoms with Gasteiger partial charge in [-0.3, -0.25) is 9.59 Å². The summed E-state index contributed by atoms with van der Waals surface area (Å²) in [4.78, 5) is 25.7. The third-order valence-corrected chi connectivity index (χ3v) is 5.56. The van der Waals surface area contributed by atoms with Gasteiger partial charge in [-0.25, -0.2) is 4.39 Å². The van der Waals surface area contributed by atoms with Crippen molar-refractivity contribution in [1.82, 2.24) is 4.57 Å². The van der Waals surface area contributed by atoms with E-state index in [1.165, 1.54) is 6.07 Å². The van der Waals surface area contributed by atoms with Crippen LogP contribution in [0.2, 0.25) is 0 Å². The molecule has 0 bridgehead atoms. The molecule has 0 spiro atoms. The summed E-state index contributed by atoms with van der Waals surface area (Å²) in [7, 11) is 0. The van der Waals surface area contributed by atoms with Crippen molar-refractivity contribution in [2.24, 2.45) is 5.41 Å². The fraction of sp³-hybridized carbons (Fsp3) is 0.214. The van der Waals surface area contributed by atoms with Crippen molar-refractivity contribution < 1.29 is 14.0 Å². The van der Waals surface area contributed by atoms with E-state index in [9.17, 15) is 14.0 Å². The first kappa shape index (κ1) is 26.8. The highest BCUT2D eigenvalue weighted by Crippen LogP contribution is 2.27. The van der Waals surface area contributed by atoms with Crippen LogP contribution >= 0.6 is 12.4 Å². The minimum atomic E-state index is -0.342. The van der Waals surface area contributed by atoms with Crippen molar-refractivity contribution in [3.8, 4) is 0 Å². The average molecular weight is 509 g/mol. The Bertz CT molecular complexity index is 1390. The van der Waals surface area contributed by atoms with Gasteiger partial charge in [-0.15, -0.1) is 12.4 Å². The van der Waals surface area contributed by atoms with Gasteiger partial charge in [0.15, 0.2) is 0 Å². The third-order valence-electron chi connectivity index (χ3n) is 5.56. The molecule has 188 valence electrons. The van der Waals surface area contributed by atoms with E-state index in [1.54, 1.807) is 59.2 Å². The van der Waals surface area contributed by atoms with Gasteiger partial charge < -0.3 is 20.9 Å². The van der Waals surface area contributed by atoms with Crippen molar-refractivity contribution >= 4 is 52.2 Å². The maximum absolute atomic E-state index is 14.5. The molecule has 4 aromatic rings. The Morgan fingerprint density at radius 3 is 2.25 bits per heavy atom. The second-order valence-corrected chi connectivity index (χ2v) is 9.84. The smallest absolute Gasteiger partial charge is 0.272 e. The van der Waals surface area contributed by atoms with Crippen LogP contribution in [0.3, 0.4) is 0 Å². The summed E-state index contributed by atoms with van der Waals surface area (Å²) >= 11 is 0. The Kier molecular flexibility index (Phi) is 8.05. The summed E-state index contributed by atoms with van der Waals surface area (Å²) in [5, 5.41) is 6.57. The van der Waals surface area contributed by atoms with Gasteiger partial charge >= 0.3 is 0 Å². The normalized spacial score (nSPS) is 11.1. The molecule has 0 aliphatic carbocycles. The predicted octanol–water partition coefficient (Wildman–Crippen LogP) is 6.46. The number of nitrogens with zero attached hydrogens (tertiary/aromatic N) is 1. The van der Waals surface area contributed by atoms with E-state index in [4.69, 9.17) is 5.73 Å². The Labute approximate surface area is 216 Å². The third kappa shape index (κ3) is 6.43. The molecule has 0 fully saturated rings. The van der Waals surface area contributed by atoms with Crippen LogP contribution in [-0.4, -0.2) is 16.4 Å². The zero-order valence-electron chi connectivity index (χ0n) is 20.5. The van der Waals surface area contributed by atoms with Crippen LogP contribution in [-0.2, 0) is 11.3 Å². The number of carbonyl (C=O) groups is 2. The minimum Gasteiger partial charge on any atom is -0.399 e. The zero-order valence-corrected chi connectivity index (χ0v) is 21.3. The molecular weight excluding hydrogens is 479 g/mol. The van der Waals surface area contributed by atoms with Crippen LogP contribution in [0.25, 0.3) is 10.9 Å².